The molecule has 0 unspecified atom stereocenters. The Labute approximate surface area is 175 Å². The van der Waals surface area contributed by atoms with Crippen LogP contribution in [0.25, 0.3) is 0 Å². The van der Waals surface area contributed by atoms with Crippen LogP contribution < -0.4 is 25.1 Å². The zero-order chi connectivity index (χ0) is 21.6. The quantitative estimate of drug-likeness (QED) is 0.668. The summed E-state index contributed by atoms with van der Waals surface area (Å²) in [6.07, 6.45) is 0. The molecule has 29 heavy (non-hydrogen) atoms. The van der Waals surface area contributed by atoms with Crippen molar-refractivity contribution < 1.29 is 23.8 Å². The number of ether oxygens (including phenoxy) is 3. The molecule has 0 aliphatic rings. The zero-order valence-electron chi connectivity index (χ0n) is 17.1. The van der Waals surface area contributed by atoms with E-state index in [2.05, 4.69) is 10.9 Å². The van der Waals surface area contributed by atoms with E-state index in [9.17, 15) is 9.59 Å². The van der Waals surface area contributed by atoms with E-state index in [1.54, 1.807) is 12.1 Å². The average molecular weight is 421 g/mol. The molecule has 0 aliphatic carbocycles. The standard InChI is InChI=1S/C21H25ClN2O5/c1-12(2)17-10-18(22)13(3)6-19(17)29-11-20(25)23-24-21(26)14-7-15(27-4)9-16(8-14)28-5/h6-10,12H,11H2,1-5H3,(H,23,25)(H,24,26). The van der Waals surface area contributed by atoms with E-state index in [4.69, 9.17) is 25.8 Å². The lowest BCUT2D eigenvalue weighted by atomic mass is 10.0. The summed E-state index contributed by atoms with van der Waals surface area (Å²) >= 11 is 6.18. The summed E-state index contributed by atoms with van der Waals surface area (Å²) in [4.78, 5) is 24.4. The Morgan fingerprint density at radius 2 is 1.62 bits per heavy atom. The van der Waals surface area contributed by atoms with Crippen molar-refractivity contribution in [1.82, 2.24) is 10.9 Å². The number of amides is 2. The summed E-state index contributed by atoms with van der Waals surface area (Å²) in [5.74, 6) is 0.665. The molecule has 0 atom stereocenters. The van der Waals surface area contributed by atoms with E-state index >= 15 is 0 Å². The van der Waals surface area contributed by atoms with Crippen LogP contribution in [-0.4, -0.2) is 32.6 Å². The molecule has 2 rings (SSSR count). The van der Waals surface area contributed by atoms with Gasteiger partial charge in [-0.15, -0.1) is 0 Å². The number of methoxy groups -OCH3 is 2. The van der Waals surface area contributed by atoms with Gasteiger partial charge >= 0.3 is 0 Å². The molecule has 0 saturated carbocycles. The van der Waals surface area contributed by atoms with Crippen LogP contribution in [0, 0.1) is 6.92 Å². The third-order valence-corrected chi connectivity index (χ3v) is 4.61. The predicted octanol–water partition coefficient (Wildman–Crippen LogP) is 3.63. The first-order valence-corrected chi connectivity index (χ1v) is 9.38. The highest BCUT2D eigenvalue weighted by Gasteiger charge is 2.14. The molecule has 2 aromatic rings. The second-order valence-electron chi connectivity index (χ2n) is 6.69. The summed E-state index contributed by atoms with van der Waals surface area (Å²) in [5, 5.41) is 0.645. The van der Waals surface area contributed by atoms with Gasteiger partial charge in [-0.2, -0.15) is 0 Å². The first-order chi connectivity index (χ1) is 13.7. The van der Waals surface area contributed by atoms with Crippen LogP contribution in [0.3, 0.4) is 0 Å². The lowest BCUT2D eigenvalue weighted by Crippen LogP contribution is -2.43. The fourth-order valence-electron chi connectivity index (χ4n) is 2.56. The number of carbonyl (C=O) groups excluding carboxylic acids is 2. The van der Waals surface area contributed by atoms with Crippen molar-refractivity contribution in [2.24, 2.45) is 0 Å². The van der Waals surface area contributed by atoms with Gasteiger partial charge in [-0.25, -0.2) is 0 Å². The molecule has 8 heteroatoms. The summed E-state index contributed by atoms with van der Waals surface area (Å²) in [6, 6.07) is 8.35. The highest BCUT2D eigenvalue weighted by molar-refractivity contribution is 6.31. The van der Waals surface area contributed by atoms with Crippen LogP contribution in [0.2, 0.25) is 5.02 Å². The van der Waals surface area contributed by atoms with Crippen LogP contribution in [0.4, 0.5) is 0 Å². The Hall–Kier alpha value is -2.93. The monoisotopic (exact) mass is 420 g/mol. The van der Waals surface area contributed by atoms with Gasteiger partial charge in [0.2, 0.25) is 0 Å². The molecular weight excluding hydrogens is 396 g/mol. The van der Waals surface area contributed by atoms with Gasteiger partial charge < -0.3 is 14.2 Å². The number of rotatable bonds is 7. The predicted molar refractivity (Wildman–Crippen MR) is 111 cm³/mol. The number of halogens is 1. The summed E-state index contributed by atoms with van der Waals surface area (Å²) < 4.78 is 15.9. The Bertz CT molecular complexity index is 877. The lowest BCUT2D eigenvalue weighted by Gasteiger charge is -2.16. The minimum absolute atomic E-state index is 0.175. The third-order valence-electron chi connectivity index (χ3n) is 4.20. The number of benzene rings is 2. The zero-order valence-corrected chi connectivity index (χ0v) is 17.8. The van der Waals surface area contributed by atoms with E-state index in [1.807, 2.05) is 26.8 Å². The van der Waals surface area contributed by atoms with Crippen molar-refractivity contribution in [3.8, 4) is 17.2 Å². The van der Waals surface area contributed by atoms with Gasteiger partial charge in [0, 0.05) is 16.7 Å². The molecule has 0 radical (unpaired) electrons. The van der Waals surface area contributed by atoms with Crippen molar-refractivity contribution in [1.29, 1.82) is 0 Å². The van der Waals surface area contributed by atoms with Gasteiger partial charge in [-0.3, -0.25) is 20.4 Å². The van der Waals surface area contributed by atoms with Crippen LogP contribution in [0.1, 0.15) is 41.3 Å². The van der Waals surface area contributed by atoms with E-state index in [0.29, 0.717) is 22.3 Å². The van der Waals surface area contributed by atoms with Crippen molar-refractivity contribution in [3.63, 3.8) is 0 Å². The van der Waals surface area contributed by atoms with Gasteiger partial charge in [0.15, 0.2) is 6.61 Å². The fourth-order valence-corrected chi connectivity index (χ4v) is 2.74. The van der Waals surface area contributed by atoms with Crippen LogP contribution >= 0.6 is 11.6 Å². The van der Waals surface area contributed by atoms with Crippen LogP contribution in [0.5, 0.6) is 17.2 Å². The number of aryl methyl sites for hydroxylation is 1. The maximum Gasteiger partial charge on any atom is 0.276 e. The number of hydrazine groups is 1. The van der Waals surface area contributed by atoms with E-state index in [0.717, 1.165) is 11.1 Å². The molecule has 0 bridgehead atoms. The number of carbonyl (C=O) groups is 2. The first kappa shape index (κ1) is 22.4. The Kier molecular flexibility index (Phi) is 7.73. The molecule has 0 spiro atoms. The molecule has 7 nitrogen and oxygen atoms in total. The molecule has 2 N–H and O–H groups in total. The molecule has 0 fully saturated rings. The Morgan fingerprint density at radius 1 is 1.00 bits per heavy atom. The topological polar surface area (TPSA) is 85.9 Å². The highest BCUT2D eigenvalue weighted by Crippen LogP contribution is 2.32. The van der Waals surface area contributed by atoms with Gasteiger partial charge in [-0.05, 0) is 48.2 Å². The molecule has 0 heterocycles. The molecule has 2 amide bonds. The van der Waals surface area contributed by atoms with Gasteiger partial charge in [0.05, 0.1) is 14.2 Å². The normalized spacial score (nSPS) is 10.4. The van der Waals surface area contributed by atoms with Gasteiger partial charge in [0.25, 0.3) is 11.8 Å². The molecule has 2 aromatic carbocycles. The molecule has 0 aromatic heterocycles. The Morgan fingerprint density at radius 3 is 2.17 bits per heavy atom. The number of nitrogens with one attached hydrogen (secondary N) is 2. The SMILES string of the molecule is COc1cc(OC)cc(C(=O)NNC(=O)COc2cc(C)c(Cl)cc2C(C)C)c1. The molecule has 0 aliphatic heterocycles. The summed E-state index contributed by atoms with van der Waals surface area (Å²) in [7, 11) is 2.97. The minimum atomic E-state index is -0.513. The largest absolute Gasteiger partial charge is 0.497 e. The maximum absolute atomic E-state index is 12.3. The molecule has 156 valence electrons. The van der Waals surface area contributed by atoms with Crippen molar-refractivity contribution >= 4 is 23.4 Å². The number of hydrogen-bond donors (Lipinski definition) is 2. The van der Waals surface area contributed by atoms with Crippen molar-refractivity contribution in [3.05, 3.63) is 52.0 Å². The maximum atomic E-state index is 12.3. The first-order valence-electron chi connectivity index (χ1n) is 9.00. The average Bonchev–Trinajstić information content (AvgIpc) is 2.71. The number of hydrogen-bond acceptors (Lipinski definition) is 5. The summed E-state index contributed by atoms with van der Waals surface area (Å²) in [5.41, 5.74) is 6.71. The second kappa shape index (κ2) is 10.0. The Balaban J connectivity index is 1.97. The lowest BCUT2D eigenvalue weighted by molar-refractivity contribution is -0.123. The van der Waals surface area contributed by atoms with Crippen molar-refractivity contribution in [2.75, 3.05) is 20.8 Å². The van der Waals surface area contributed by atoms with Gasteiger partial charge in [-0.1, -0.05) is 25.4 Å². The summed E-state index contributed by atoms with van der Waals surface area (Å²) in [6.45, 7) is 5.62. The fraction of sp³-hybridized carbons (Fsp3) is 0.333. The highest BCUT2D eigenvalue weighted by atomic mass is 35.5. The van der Waals surface area contributed by atoms with Gasteiger partial charge in [0.1, 0.15) is 17.2 Å². The smallest absolute Gasteiger partial charge is 0.276 e. The van der Waals surface area contributed by atoms with Crippen LogP contribution in [0.15, 0.2) is 30.3 Å². The van der Waals surface area contributed by atoms with E-state index < -0.39 is 11.8 Å². The minimum Gasteiger partial charge on any atom is -0.497 e. The molecule has 0 saturated heterocycles. The van der Waals surface area contributed by atoms with Crippen LogP contribution in [-0.2, 0) is 4.79 Å². The third kappa shape index (κ3) is 6.02. The second-order valence-corrected chi connectivity index (χ2v) is 7.09. The van der Waals surface area contributed by atoms with Crippen molar-refractivity contribution in [2.45, 2.75) is 26.7 Å². The van der Waals surface area contributed by atoms with E-state index in [-0.39, 0.29) is 18.1 Å². The molecular formula is C21H25ClN2O5. The van der Waals surface area contributed by atoms with E-state index in [1.165, 1.54) is 26.4 Å².